The number of hydrogen-bond acceptors (Lipinski definition) is 15. The van der Waals surface area contributed by atoms with Gasteiger partial charge in [0.1, 0.15) is 48.1 Å². The minimum atomic E-state index is -2.10. The smallest absolute Gasteiger partial charge is 0.407 e. The van der Waals surface area contributed by atoms with Crippen LogP contribution < -0.4 is 31.9 Å². The molecule has 302 valence electrons. The molecular formula is C40H51N11O6. The first-order valence-corrected chi connectivity index (χ1v) is 19.0. The summed E-state index contributed by atoms with van der Waals surface area (Å²) in [5.74, 6) is -1.57. The number of alkyl carbamates (subject to hydrolysis) is 1. The van der Waals surface area contributed by atoms with Crippen molar-refractivity contribution in [1.82, 2.24) is 26.2 Å². The number of amides is 2. The molecule has 17 heteroatoms. The van der Waals surface area contributed by atoms with Crippen molar-refractivity contribution in [2.45, 2.75) is 87.9 Å². The van der Waals surface area contributed by atoms with Crippen molar-refractivity contribution in [2.75, 3.05) is 44.7 Å². The van der Waals surface area contributed by atoms with E-state index < -0.39 is 35.2 Å². The van der Waals surface area contributed by atoms with Crippen LogP contribution in [-0.4, -0.2) is 102 Å². The van der Waals surface area contributed by atoms with E-state index in [0.29, 0.717) is 50.4 Å². The van der Waals surface area contributed by atoms with E-state index in [1.165, 1.54) is 0 Å². The first-order chi connectivity index (χ1) is 27.2. The third kappa shape index (κ3) is 9.10. The molecule has 2 amide bonds. The van der Waals surface area contributed by atoms with Crippen LogP contribution in [-0.2, 0) is 14.3 Å². The number of carbonyl (C=O) groups is 2. The highest BCUT2D eigenvalue weighted by atomic mass is 16.5. The van der Waals surface area contributed by atoms with Crippen molar-refractivity contribution in [2.24, 2.45) is 10.7 Å². The maximum absolute atomic E-state index is 12.4. The van der Waals surface area contributed by atoms with Crippen molar-refractivity contribution >= 4 is 29.7 Å². The molecule has 0 unspecified atom stereocenters. The lowest BCUT2D eigenvalue weighted by Gasteiger charge is -2.48. The molecular weight excluding hydrogens is 731 g/mol. The highest BCUT2D eigenvalue weighted by Gasteiger charge is 2.69. The SMILES string of the molecule is C=C1N[C@H]2[C@H](COC(=O)NCCCCCCNC(=O)CCCN(C)c3ccc(/C=C/C4=C(C#N)C(=C(C#N)C#N)OC4(C)C)cc3)N=C(N)N3CCC(O)(O)[C@]23N1. The van der Waals surface area contributed by atoms with Crippen LogP contribution >= 0.6 is 0 Å². The molecule has 1 aromatic rings. The molecule has 4 aliphatic heterocycles. The second-order valence-electron chi connectivity index (χ2n) is 14.9. The fourth-order valence-electron chi connectivity index (χ4n) is 7.62. The number of aliphatic hydroxyl groups is 2. The molecule has 3 atom stereocenters. The van der Waals surface area contributed by atoms with E-state index in [-0.39, 0.29) is 41.8 Å². The predicted molar refractivity (Wildman–Crippen MR) is 211 cm³/mol. The number of nitriles is 3. The van der Waals surface area contributed by atoms with Gasteiger partial charge < -0.3 is 56.5 Å². The molecule has 4 heterocycles. The fraction of sp³-hybridized carbons (Fsp3) is 0.500. The average molecular weight is 782 g/mol. The largest absolute Gasteiger partial charge is 0.480 e. The molecule has 0 bridgehead atoms. The van der Waals surface area contributed by atoms with E-state index in [0.717, 1.165) is 36.9 Å². The van der Waals surface area contributed by atoms with Gasteiger partial charge in [0, 0.05) is 57.3 Å². The summed E-state index contributed by atoms with van der Waals surface area (Å²) in [4.78, 5) is 32.9. The van der Waals surface area contributed by atoms with Gasteiger partial charge in [-0.2, -0.15) is 15.8 Å². The number of unbranched alkanes of at least 4 members (excludes halogenated alkanes) is 3. The lowest BCUT2D eigenvalue weighted by molar-refractivity contribution is -0.222. The summed E-state index contributed by atoms with van der Waals surface area (Å²) in [6, 6.07) is 12.2. The maximum atomic E-state index is 12.4. The Labute approximate surface area is 332 Å². The van der Waals surface area contributed by atoms with Crippen LogP contribution in [0, 0.1) is 34.0 Å². The molecule has 0 radical (unpaired) electrons. The van der Waals surface area contributed by atoms with E-state index in [9.17, 15) is 35.6 Å². The van der Waals surface area contributed by atoms with Crippen LogP contribution in [0.2, 0.25) is 0 Å². The first-order valence-electron chi connectivity index (χ1n) is 19.0. The molecule has 8 N–H and O–H groups in total. The zero-order valence-electron chi connectivity index (χ0n) is 32.6. The van der Waals surface area contributed by atoms with Gasteiger partial charge in [-0.25, -0.2) is 9.79 Å². The van der Waals surface area contributed by atoms with E-state index in [1.54, 1.807) is 37.0 Å². The molecule has 57 heavy (non-hydrogen) atoms. The summed E-state index contributed by atoms with van der Waals surface area (Å²) in [6.45, 7) is 9.29. The lowest BCUT2D eigenvalue weighted by Crippen LogP contribution is -2.76. The number of carbonyl (C=O) groups excluding carboxylic acids is 2. The van der Waals surface area contributed by atoms with Crippen molar-refractivity contribution in [3.8, 4) is 18.2 Å². The number of nitrogens with one attached hydrogen (secondary N) is 4. The number of allylic oxidation sites excluding steroid dienone is 2. The standard InChI is InChI=1S/C40H51N11O6/c1-26-47-35-32(48-36(44)51-21-17-39(54,55)40(35,51)49-26)25-56-37(53)46-19-8-6-5-7-18-45-33(52)10-9-20-50(4)29-14-11-27(12-15-29)13-16-31-30(24-43)34(28(22-41)23-42)57-38(31,2)3/h11-16,32,35,47,49,54-55H,1,5-10,17-21,25H2,2-4H3,(H2,44,48)(H,45,52)(H,46,53)/b16-13+/t32-,35-,40-/m0/s1. The molecule has 1 aromatic carbocycles. The minimum Gasteiger partial charge on any atom is -0.480 e. The van der Waals surface area contributed by atoms with Gasteiger partial charge in [-0.15, -0.1) is 0 Å². The third-order valence-electron chi connectivity index (χ3n) is 10.6. The van der Waals surface area contributed by atoms with Crippen molar-refractivity contribution in [3.05, 3.63) is 70.8 Å². The number of nitrogens with zero attached hydrogens (tertiary/aromatic N) is 6. The Morgan fingerprint density at radius 1 is 1.11 bits per heavy atom. The van der Waals surface area contributed by atoms with Crippen molar-refractivity contribution in [1.29, 1.82) is 15.8 Å². The Hall–Kier alpha value is -6.22. The molecule has 2 fully saturated rings. The van der Waals surface area contributed by atoms with Crippen LogP contribution in [0.1, 0.15) is 64.4 Å². The minimum absolute atomic E-state index is 0.00000278. The van der Waals surface area contributed by atoms with Crippen LogP contribution in [0.5, 0.6) is 0 Å². The molecule has 17 nitrogen and oxygen atoms in total. The Morgan fingerprint density at radius 3 is 2.46 bits per heavy atom. The van der Waals surface area contributed by atoms with Gasteiger partial charge in [0.05, 0.1) is 5.82 Å². The average Bonchev–Trinajstić information content (AvgIpc) is 3.77. The zero-order valence-corrected chi connectivity index (χ0v) is 32.6. The van der Waals surface area contributed by atoms with E-state index >= 15 is 0 Å². The molecule has 0 aliphatic carbocycles. The van der Waals surface area contributed by atoms with Crippen LogP contribution in [0.3, 0.4) is 0 Å². The van der Waals surface area contributed by atoms with E-state index in [2.05, 4.69) is 43.8 Å². The summed E-state index contributed by atoms with van der Waals surface area (Å²) >= 11 is 0. The monoisotopic (exact) mass is 781 g/mol. The van der Waals surface area contributed by atoms with Gasteiger partial charge in [-0.3, -0.25) is 4.79 Å². The van der Waals surface area contributed by atoms with Gasteiger partial charge >= 0.3 is 6.09 Å². The molecule has 5 rings (SSSR count). The maximum Gasteiger partial charge on any atom is 0.407 e. The predicted octanol–water partition coefficient (Wildman–Crippen LogP) is 2.06. The first kappa shape index (κ1) is 41.9. The lowest BCUT2D eigenvalue weighted by atomic mass is 9.87. The number of ether oxygens (including phenoxy) is 2. The second-order valence-corrected chi connectivity index (χ2v) is 14.9. The number of hydrogen-bond donors (Lipinski definition) is 7. The summed E-state index contributed by atoms with van der Waals surface area (Å²) < 4.78 is 11.2. The molecule has 4 aliphatic rings. The highest BCUT2D eigenvalue weighted by molar-refractivity contribution is 5.81. The summed E-state index contributed by atoms with van der Waals surface area (Å²) in [6.07, 6.45) is 7.49. The van der Waals surface area contributed by atoms with Gasteiger partial charge in [-0.1, -0.05) is 43.7 Å². The number of benzene rings is 1. The van der Waals surface area contributed by atoms with Gasteiger partial charge in [0.2, 0.25) is 11.7 Å². The number of guanidine groups is 1. The van der Waals surface area contributed by atoms with Gasteiger partial charge in [-0.05, 0) is 50.8 Å². The number of nitrogens with two attached hydrogens (primary N) is 1. The second kappa shape index (κ2) is 17.7. The number of rotatable bonds is 16. The summed E-state index contributed by atoms with van der Waals surface area (Å²) in [7, 11) is 1.97. The van der Waals surface area contributed by atoms with Crippen LogP contribution in [0.4, 0.5) is 10.5 Å². The summed E-state index contributed by atoms with van der Waals surface area (Å²) in [5.41, 5.74) is 6.32. The highest BCUT2D eigenvalue weighted by Crippen LogP contribution is 2.44. The third-order valence-corrected chi connectivity index (χ3v) is 10.6. The Morgan fingerprint density at radius 2 is 1.79 bits per heavy atom. The van der Waals surface area contributed by atoms with Gasteiger partial charge in [0.25, 0.3) is 0 Å². The summed E-state index contributed by atoms with van der Waals surface area (Å²) in [5, 5.41) is 61.7. The number of anilines is 1. The molecule has 2 saturated heterocycles. The Kier molecular flexibility index (Phi) is 13.0. The van der Waals surface area contributed by atoms with Crippen LogP contribution in [0.15, 0.2) is 70.2 Å². The quantitative estimate of drug-likeness (QED) is 0.0720. The molecule has 1 spiro atoms. The van der Waals surface area contributed by atoms with E-state index in [4.69, 9.17) is 15.2 Å². The zero-order chi connectivity index (χ0) is 41.4. The Bertz CT molecular complexity index is 1950. The number of aliphatic imine (C=N–C) groups is 1. The normalized spacial score (nSPS) is 22.5. The fourth-order valence-corrected chi connectivity index (χ4v) is 7.62. The topological polar surface area (TPSA) is 257 Å². The van der Waals surface area contributed by atoms with Crippen molar-refractivity contribution < 1.29 is 29.3 Å². The Balaban J connectivity index is 0.929. The van der Waals surface area contributed by atoms with Gasteiger partial charge in [0.15, 0.2) is 23.0 Å². The molecule has 0 aromatic heterocycles. The molecule has 0 saturated carbocycles. The van der Waals surface area contributed by atoms with E-state index in [1.807, 2.05) is 37.4 Å². The van der Waals surface area contributed by atoms with Crippen LogP contribution in [0.25, 0.3) is 6.08 Å². The van der Waals surface area contributed by atoms with Crippen molar-refractivity contribution in [3.63, 3.8) is 0 Å².